The number of aliphatic hydroxyl groups is 15. The Balaban J connectivity index is 1.57. The molecule has 5 saturated heterocycles. The highest BCUT2D eigenvalue weighted by atomic mass is 16.8. The summed E-state index contributed by atoms with van der Waals surface area (Å²) < 4.78 is 51.7. The summed E-state index contributed by atoms with van der Waals surface area (Å²) in [4.78, 5) is 38.0. The Morgan fingerprint density at radius 1 is 0.612 bits per heavy atom. The van der Waals surface area contributed by atoms with Crippen molar-refractivity contribution < 1.29 is 139 Å². The molecule has 0 aromatic heterocycles. The average Bonchev–Trinajstić information content (AvgIpc) is 3.28. The van der Waals surface area contributed by atoms with Gasteiger partial charge in [0.2, 0.25) is 11.8 Å². The maximum absolute atomic E-state index is 13.1. The van der Waals surface area contributed by atoms with Gasteiger partial charge in [0.15, 0.2) is 25.2 Å². The molecule has 388 valence electrons. The van der Waals surface area contributed by atoms with E-state index >= 15 is 0 Å². The van der Waals surface area contributed by atoms with Crippen molar-refractivity contribution in [2.24, 2.45) is 0 Å². The lowest BCUT2D eigenvalue weighted by Gasteiger charge is -2.52. The molecular weight excluding hydrogens is 920 g/mol. The van der Waals surface area contributed by atoms with E-state index in [9.17, 15) is 96.1 Å². The summed E-state index contributed by atoms with van der Waals surface area (Å²) in [6, 6.07) is -3.53. The predicted molar refractivity (Wildman–Crippen MR) is 206 cm³/mol. The molecule has 0 radical (unpaired) electrons. The highest BCUT2D eigenvalue weighted by Crippen LogP contribution is 2.40. The van der Waals surface area contributed by atoms with E-state index in [0.717, 1.165) is 13.8 Å². The smallest absolute Gasteiger partial charge is 0.364 e. The van der Waals surface area contributed by atoms with Gasteiger partial charge in [-0.05, 0) is 6.92 Å². The van der Waals surface area contributed by atoms with E-state index in [1.165, 1.54) is 6.92 Å². The van der Waals surface area contributed by atoms with Crippen LogP contribution in [0.3, 0.4) is 0 Å². The van der Waals surface area contributed by atoms with Crippen LogP contribution in [-0.4, -0.2) is 285 Å². The largest absolute Gasteiger partial charge is 0.477 e. The van der Waals surface area contributed by atoms with Crippen molar-refractivity contribution in [2.45, 2.75) is 186 Å². The van der Waals surface area contributed by atoms with E-state index in [2.05, 4.69) is 10.6 Å². The Hall–Kier alpha value is -2.55. The van der Waals surface area contributed by atoms with Crippen LogP contribution in [0.1, 0.15) is 27.2 Å². The third kappa shape index (κ3) is 11.8. The zero-order valence-corrected chi connectivity index (χ0v) is 36.0. The van der Waals surface area contributed by atoms with E-state index in [4.69, 9.17) is 42.6 Å². The van der Waals surface area contributed by atoms with Gasteiger partial charge >= 0.3 is 5.97 Å². The van der Waals surface area contributed by atoms with Gasteiger partial charge in [0.25, 0.3) is 5.79 Å². The number of aliphatic carboxylic acids is 1. The van der Waals surface area contributed by atoms with Crippen LogP contribution >= 0.6 is 0 Å². The Morgan fingerprint density at radius 2 is 1.13 bits per heavy atom. The summed E-state index contributed by atoms with van der Waals surface area (Å²) in [5.74, 6) is -7.03. The van der Waals surface area contributed by atoms with Crippen LogP contribution in [-0.2, 0) is 57.0 Å². The summed E-state index contributed by atoms with van der Waals surface area (Å²) in [6.45, 7) is -1.03. The van der Waals surface area contributed by atoms with E-state index in [1.54, 1.807) is 0 Å². The quantitative estimate of drug-likeness (QED) is 0.0643. The normalized spacial score (nSPS) is 47.1. The number of hydrogen-bond acceptors (Lipinski definition) is 27. The lowest BCUT2D eigenvalue weighted by Crippen LogP contribution is -2.72. The van der Waals surface area contributed by atoms with Crippen molar-refractivity contribution >= 4 is 17.8 Å². The molecular formula is C37H62N2O28. The molecule has 5 heterocycles. The molecule has 30 heteroatoms. The molecule has 0 aromatic carbocycles. The molecule has 0 spiro atoms. The van der Waals surface area contributed by atoms with Crippen molar-refractivity contribution in [3.8, 4) is 0 Å². The summed E-state index contributed by atoms with van der Waals surface area (Å²) in [5, 5.41) is 175. The molecule has 0 bridgehead atoms. The van der Waals surface area contributed by atoms with Crippen LogP contribution in [0.25, 0.3) is 0 Å². The SMILES string of the molecule is CC(=O)N[C@H]1[C@H](O[C@@H]2[C@@H](O)[C@H](O)O[C@H](CO)[C@@H]2O)O[C@H](CO)[C@@H](O[C@@H]2O[C@@H](C)[C@@H](O)[C@@H](O)[C@@H]2O)[C@@H]1O[C@@H]1O[C@H](CO)[C@H](O)[C@H](O[C@]2(C(=O)O)C[C@H](O)[C@@H](NC(C)=O)[C@H]([C@H](O)[C@H](O)CO)O2)[C@H]1O. The van der Waals surface area contributed by atoms with Gasteiger partial charge in [-0.15, -0.1) is 0 Å². The number of hydrogen-bond donors (Lipinski definition) is 18. The highest BCUT2D eigenvalue weighted by Gasteiger charge is 2.61. The number of carbonyl (C=O) groups is 3. The van der Waals surface area contributed by atoms with Crippen molar-refractivity contribution in [1.29, 1.82) is 0 Å². The number of aliphatic hydroxyl groups excluding tert-OH is 15. The molecule has 5 aliphatic heterocycles. The first kappa shape index (κ1) is 55.4. The van der Waals surface area contributed by atoms with Crippen LogP contribution in [0, 0.1) is 0 Å². The number of carbonyl (C=O) groups excluding carboxylic acids is 2. The minimum Gasteiger partial charge on any atom is -0.477 e. The Labute approximate surface area is 379 Å². The summed E-state index contributed by atoms with van der Waals surface area (Å²) >= 11 is 0. The standard InChI is InChI=1S/C37H62N2O28/c1-9-19(48)23(52)24(53)34(59-9)63-27-16(8-43)62-33(65-30-21(50)14(6-41)60-32(56)25(30)54)18(39-11(3)45)29(27)64-35-26(55)31(22(51)15(7-42)61-35)67-37(36(57)58)4-12(46)17(38-10(2)44)28(66-37)20(49)13(47)5-40/h9,12-35,40-43,46-56H,4-8H2,1-3H3,(H,38,44)(H,39,45)(H,57,58)/t9-,12-,13+,14+,15+,16+,17+,18+,19+,20+,21-,22-,23+,24-,25+,26+,27+,28+,29+,30-,31-,32+,33-,34-,35-,37-/m0/s1. The van der Waals surface area contributed by atoms with Gasteiger partial charge in [-0.1, -0.05) is 0 Å². The lowest BCUT2D eigenvalue weighted by molar-refractivity contribution is -0.395. The van der Waals surface area contributed by atoms with E-state index in [-0.39, 0.29) is 0 Å². The molecule has 26 atom stereocenters. The molecule has 30 nitrogen and oxygen atoms in total. The number of amides is 2. The third-order valence-corrected chi connectivity index (χ3v) is 12.1. The first-order valence-electron chi connectivity index (χ1n) is 21.1. The summed E-state index contributed by atoms with van der Waals surface area (Å²) in [6.07, 6.45) is -46.8. The van der Waals surface area contributed by atoms with Crippen LogP contribution in [0.15, 0.2) is 0 Å². The third-order valence-electron chi connectivity index (χ3n) is 12.1. The molecule has 0 saturated carbocycles. The molecule has 5 rings (SSSR count). The van der Waals surface area contributed by atoms with E-state index in [0.29, 0.717) is 0 Å². The zero-order valence-electron chi connectivity index (χ0n) is 36.0. The van der Waals surface area contributed by atoms with Crippen molar-refractivity contribution in [3.63, 3.8) is 0 Å². The van der Waals surface area contributed by atoms with E-state index in [1.807, 2.05) is 0 Å². The van der Waals surface area contributed by atoms with Crippen molar-refractivity contribution in [3.05, 3.63) is 0 Å². The van der Waals surface area contributed by atoms with Crippen LogP contribution in [0.2, 0.25) is 0 Å². The minimum atomic E-state index is -3.22. The van der Waals surface area contributed by atoms with Crippen molar-refractivity contribution in [2.75, 3.05) is 26.4 Å². The minimum absolute atomic E-state index is 0.822. The fourth-order valence-corrected chi connectivity index (χ4v) is 8.47. The number of nitrogens with one attached hydrogen (secondary N) is 2. The Kier molecular flexibility index (Phi) is 19.1. The van der Waals surface area contributed by atoms with Crippen LogP contribution in [0.4, 0.5) is 0 Å². The first-order valence-corrected chi connectivity index (χ1v) is 21.1. The van der Waals surface area contributed by atoms with Crippen LogP contribution in [0.5, 0.6) is 0 Å². The number of rotatable bonds is 17. The molecule has 0 aromatic rings. The van der Waals surface area contributed by atoms with Crippen LogP contribution < -0.4 is 10.6 Å². The molecule has 0 aliphatic carbocycles. The van der Waals surface area contributed by atoms with Gasteiger partial charge in [0.1, 0.15) is 110 Å². The molecule has 0 unspecified atom stereocenters. The molecule has 2 amide bonds. The average molecular weight is 983 g/mol. The fourth-order valence-electron chi connectivity index (χ4n) is 8.47. The topological polar surface area (TPSA) is 482 Å². The predicted octanol–water partition coefficient (Wildman–Crippen LogP) is -11.4. The number of carboxylic acid groups (broad SMARTS) is 1. The first-order chi connectivity index (χ1) is 31.4. The molecule has 5 aliphatic rings. The van der Waals surface area contributed by atoms with Gasteiger partial charge in [-0.25, -0.2) is 4.79 Å². The monoisotopic (exact) mass is 982 g/mol. The fraction of sp³-hybridized carbons (Fsp3) is 0.919. The highest BCUT2D eigenvalue weighted by molar-refractivity contribution is 5.76. The molecule has 5 fully saturated rings. The van der Waals surface area contributed by atoms with Crippen molar-refractivity contribution in [1.82, 2.24) is 10.6 Å². The second kappa shape index (κ2) is 23.1. The maximum Gasteiger partial charge on any atom is 0.364 e. The second-order valence-electron chi connectivity index (χ2n) is 16.8. The second-order valence-corrected chi connectivity index (χ2v) is 16.8. The zero-order chi connectivity index (χ0) is 50.0. The van der Waals surface area contributed by atoms with Gasteiger partial charge in [-0.3, -0.25) is 9.59 Å². The van der Waals surface area contributed by atoms with E-state index < -0.39 is 210 Å². The lowest BCUT2D eigenvalue weighted by atomic mass is 9.88. The molecule has 18 N–H and O–H groups in total. The number of ether oxygens (including phenoxy) is 9. The number of carboxylic acids is 1. The van der Waals surface area contributed by atoms with Gasteiger partial charge in [0.05, 0.1) is 44.7 Å². The van der Waals surface area contributed by atoms with Gasteiger partial charge < -0.3 is 135 Å². The van der Waals surface area contributed by atoms with Gasteiger partial charge in [0, 0.05) is 20.3 Å². The summed E-state index contributed by atoms with van der Waals surface area (Å²) in [5.41, 5.74) is 0. The van der Waals surface area contributed by atoms with Gasteiger partial charge in [-0.2, -0.15) is 0 Å². The Bertz CT molecular complexity index is 1640. The molecule has 67 heavy (non-hydrogen) atoms. The maximum atomic E-state index is 13.1. The Morgan fingerprint density at radius 3 is 1.70 bits per heavy atom. The summed E-state index contributed by atoms with van der Waals surface area (Å²) in [7, 11) is 0.